The normalized spacial score (nSPS) is 17.7. The van der Waals surface area contributed by atoms with E-state index >= 15 is 0 Å². The van der Waals surface area contributed by atoms with Gasteiger partial charge in [-0.15, -0.1) is 0 Å². The van der Waals surface area contributed by atoms with Gasteiger partial charge in [0.05, 0.1) is 11.2 Å². The molecule has 1 fully saturated rings. The molecule has 0 unspecified atom stereocenters. The molecule has 2 N–H and O–H groups in total. The molecule has 1 aromatic rings. The maximum atomic E-state index is 12.3. The Balaban J connectivity index is 2.02. The zero-order valence-corrected chi connectivity index (χ0v) is 11.1. The molecule has 0 aliphatic carbocycles. The maximum absolute atomic E-state index is 12.3. The Kier molecular flexibility index (Phi) is 3.68. The Labute approximate surface area is 107 Å². The molecule has 0 atom stereocenters. The molecule has 18 heavy (non-hydrogen) atoms. The van der Waals surface area contributed by atoms with Crippen molar-refractivity contribution in [3.05, 3.63) is 11.8 Å². The molecule has 1 aliphatic rings. The van der Waals surface area contributed by atoms with Gasteiger partial charge in [-0.1, -0.05) is 5.16 Å². The van der Waals surface area contributed by atoms with Crippen LogP contribution >= 0.6 is 0 Å². The van der Waals surface area contributed by atoms with E-state index in [2.05, 4.69) is 20.7 Å². The highest BCUT2D eigenvalue weighted by Gasteiger charge is 2.35. The molecule has 2 heterocycles. The minimum absolute atomic E-state index is 0.0689. The number of aryl methyl sites for hydroxylation is 1. The van der Waals surface area contributed by atoms with Gasteiger partial charge in [-0.2, -0.15) is 0 Å². The molecule has 6 heteroatoms. The topological polar surface area (TPSA) is 70.4 Å². The van der Waals surface area contributed by atoms with E-state index in [0.29, 0.717) is 5.88 Å². The van der Waals surface area contributed by atoms with Crippen LogP contribution in [0.3, 0.4) is 0 Å². The number of hydrogen-bond donors (Lipinski definition) is 2. The van der Waals surface area contributed by atoms with Crippen LogP contribution in [0.5, 0.6) is 0 Å². The van der Waals surface area contributed by atoms with E-state index in [-0.39, 0.29) is 5.91 Å². The largest absolute Gasteiger partial charge is 0.338 e. The fourth-order valence-electron chi connectivity index (χ4n) is 2.05. The third kappa shape index (κ3) is 2.70. The molecule has 1 aromatic heterocycles. The minimum Gasteiger partial charge on any atom is -0.338 e. The van der Waals surface area contributed by atoms with Gasteiger partial charge in [-0.3, -0.25) is 15.0 Å². The molecule has 0 aromatic carbocycles. The SMILES string of the molecule is Cc1cc(NC(=O)C(C)(C)N2CCNCC2)on1. The lowest BCUT2D eigenvalue weighted by Gasteiger charge is -2.39. The standard InChI is InChI=1S/C12H20N4O2/c1-9-8-10(18-15-9)14-11(17)12(2,3)16-6-4-13-5-7-16/h8,13H,4-7H2,1-3H3,(H,14,17). The van der Waals surface area contributed by atoms with Crippen LogP contribution < -0.4 is 10.6 Å². The molecule has 100 valence electrons. The summed E-state index contributed by atoms with van der Waals surface area (Å²) in [6.45, 7) is 9.25. The molecule has 1 amide bonds. The number of amides is 1. The van der Waals surface area contributed by atoms with Crippen LogP contribution in [0.1, 0.15) is 19.5 Å². The molecule has 0 bridgehead atoms. The van der Waals surface area contributed by atoms with Gasteiger partial charge in [0.2, 0.25) is 11.8 Å². The van der Waals surface area contributed by atoms with E-state index in [1.165, 1.54) is 0 Å². The summed E-state index contributed by atoms with van der Waals surface area (Å²) < 4.78 is 5.00. The lowest BCUT2D eigenvalue weighted by Crippen LogP contribution is -2.58. The zero-order chi connectivity index (χ0) is 13.2. The summed E-state index contributed by atoms with van der Waals surface area (Å²) in [5, 5.41) is 9.80. The van der Waals surface area contributed by atoms with Crippen molar-refractivity contribution >= 4 is 11.8 Å². The first kappa shape index (κ1) is 13.0. The molecule has 1 aliphatic heterocycles. The summed E-state index contributed by atoms with van der Waals surface area (Å²) in [5.41, 5.74) is 0.202. The third-order valence-electron chi connectivity index (χ3n) is 3.33. The number of rotatable bonds is 3. The third-order valence-corrected chi connectivity index (χ3v) is 3.33. The summed E-state index contributed by atoms with van der Waals surface area (Å²) in [5.74, 6) is 0.334. The van der Waals surface area contributed by atoms with Gasteiger partial charge >= 0.3 is 0 Å². The maximum Gasteiger partial charge on any atom is 0.246 e. The van der Waals surface area contributed by atoms with Crippen molar-refractivity contribution in [3.8, 4) is 0 Å². The monoisotopic (exact) mass is 252 g/mol. The molecule has 2 rings (SSSR count). The first-order valence-electron chi connectivity index (χ1n) is 6.20. The second kappa shape index (κ2) is 5.07. The van der Waals surface area contributed by atoms with Gasteiger partial charge < -0.3 is 9.84 Å². The predicted molar refractivity (Wildman–Crippen MR) is 68.4 cm³/mol. The quantitative estimate of drug-likeness (QED) is 0.824. The van der Waals surface area contributed by atoms with Crippen LogP contribution in [-0.4, -0.2) is 47.7 Å². The summed E-state index contributed by atoms with van der Waals surface area (Å²) in [7, 11) is 0. The second-order valence-electron chi connectivity index (χ2n) is 5.08. The van der Waals surface area contributed by atoms with Crippen molar-refractivity contribution in [2.24, 2.45) is 0 Å². The van der Waals surface area contributed by atoms with Crippen LogP contribution in [0.25, 0.3) is 0 Å². The summed E-state index contributed by atoms with van der Waals surface area (Å²) in [6.07, 6.45) is 0. The number of nitrogens with zero attached hydrogens (tertiary/aromatic N) is 2. The van der Waals surface area contributed by atoms with Crippen molar-refractivity contribution in [3.63, 3.8) is 0 Å². The van der Waals surface area contributed by atoms with Crippen LogP contribution in [0.2, 0.25) is 0 Å². The van der Waals surface area contributed by atoms with Crippen molar-refractivity contribution in [1.29, 1.82) is 0 Å². The van der Waals surface area contributed by atoms with Crippen LogP contribution in [0, 0.1) is 6.92 Å². The van der Waals surface area contributed by atoms with E-state index in [1.807, 2.05) is 20.8 Å². The molecule has 1 saturated heterocycles. The average molecular weight is 252 g/mol. The van der Waals surface area contributed by atoms with E-state index in [4.69, 9.17) is 4.52 Å². The summed E-state index contributed by atoms with van der Waals surface area (Å²) in [4.78, 5) is 14.5. The molecular weight excluding hydrogens is 232 g/mol. The Morgan fingerprint density at radius 1 is 1.50 bits per heavy atom. The Morgan fingerprint density at radius 2 is 2.17 bits per heavy atom. The number of aromatic nitrogens is 1. The first-order chi connectivity index (χ1) is 8.50. The lowest BCUT2D eigenvalue weighted by atomic mass is 10.0. The van der Waals surface area contributed by atoms with Crippen LogP contribution in [0.4, 0.5) is 5.88 Å². The van der Waals surface area contributed by atoms with Crippen molar-refractivity contribution in [1.82, 2.24) is 15.4 Å². The fourth-order valence-corrected chi connectivity index (χ4v) is 2.05. The molecule has 0 saturated carbocycles. The first-order valence-corrected chi connectivity index (χ1v) is 6.20. The van der Waals surface area contributed by atoms with Gasteiger partial charge in [-0.05, 0) is 20.8 Å². The number of nitrogens with one attached hydrogen (secondary N) is 2. The zero-order valence-electron chi connectivity index (χ0n) is 11.1. The Morgan fingerprint density at radius 3 is 2.72 bits per heavy atom. The smallest absolute Gasteiger partial charge is 0.246 e. The minimum atomic E-state index is -0.553. The lowest BCUT2D eigenvalue weighted by molar-refractivity contribution is -0.126. The average Bonchev–Trinajstić information content (AvgIpc) is 2.76. The molecule has 0 spiro atoms. The van der Waals surface area contributed by atoms with Gasteiger partial charge in [0, 0.05) is 32.2 Å². The van der Waals surface area contributed by atoms with E-state index in [0.717, 1.165) is 31.9 Å². The van der Waals surface area contributed by atoms with Crippen molar-refractivity contribution in [2.75, 3.05) is 31.5 Å². The van der Waals surface area contributed by atoms with Gasteiger partial charge in [0.25, 0.3) is 0 Å². The number of hydrogen-bond acceptors (Lipinski definition) is 5. The van der Waals surface area contributed by atoms with Crippen molar-refractivity contribution < 1.29 is 9.32 Å². The van der Waals surface area contributed by atoms with E-state index in [1.54, 1.807) is 6.07 Å². The van der Waals surface area contributed by atoms with Gasteiger partial charge in [0.1, 0.15) is 0 Å². The van der Waals surface area contributed by atoms with Gasteiger partial charge in [-0.25, -0.2) is 0 Å². The molecule has 6 nitrogen and oxygen atoms in total. The Hall–Kier alpha value is -1.40. The highest BCUT2D eigenvalue weighted by atomic mass is 16.5. The second-order valence-corrected chi connectivity index (χ2v) is 5.08. The van der Waals surface area contributed by atoms with E-state index < -0.39 is 5.54 Å². The Bertz CT molecular complexity index is 421. The van der Waals surface area contributed by atoms with Gasteiger partial charge in [0.15, 0.2) is 0 Å². The van der Waals surface area contributed by atoms with E-state index in [9.17, 15) is 4.79 Å². The summed E-state index contributed by atoms with van der Waals surface area (Å²) in [6, 6.07) is 1.71. The molecule has 0 radical (unpaired) electrons. The highest BCUT2D eigenvalue weighted by molar-refractivity contribution is 5.96. The number of carbonyl (C=O) groups is 1. The number of carbonyl (C=O) groups excluding carboxylic acids is 1. The summed E-state index contributed by atoms with van der Waals surface area (Å²) >= 11 is 0. The predicted octanol–water partition coefficient (Wildman–Crippen LogP) is 0.605. The van der Waals surface area contributed by atoms with Crippen LogP contribution in [-0.2, 0) is 4.79 Å². The fraction of sp³-hybridized carbons (Fsp3) is 0.667. The number of piperazine rings is 1. The van der Waals surface area contributed by atoms with Crippen LogP contribution in [0.15, 0.2) is 10.6 Å². The molecular formula is C12H20N4O2. The number of anilines is 1. The van der Waals surface area contributed by atoms with Crippen molar-refractivity contribution in [2.45, 2.75) is 26.3 Å². The highest BCUT2D eigenvalue weighted by Crippen LogP contribution is 2.18.